The summed E-state index contributed by atoms with van der Waals surface area (Å²) in [7, 11) is 0. The normalized spacial score (nSPS) is 11.5. The molecule has 1 rings (SSSR count). The number of carboxylic acids is 1. The summed E-state index contributed by atoms with van der Waals surface area (Å²) in [6.07, 6.45) is 10.6. The lowest BCUT2D eigenvalue weighted by Crippen LogP contribution is -2.13. The van der Waals surface area contributed by atoms with Crippen LogP contribution >= 0.6 is 0 Å². The lowest BCUT2D eigenvalue weighted by atomic mass is 10.0. The molecule has 0 heterocycles. The van der Waals surface area contributed by atoms with Gasteiger partial charge in [0.1, 0.15) is 6.10 Å². The van der Waals surface area contributed by atoms with E-state index in [1.807, 2.05) is 12.1 Å². The van der Waals surface area contributed by atoms with Crippen molar-refractivity contribution in [3.05, 3.63) is 48.0 Å². The van der Waals surface area contributed by atoms with Crippen LogP contribution < -0.4 is 0 Å². The second-order valence-electron chi connectivity index (χ2n) is 7.69. The lowest BCUT2D eigenvalue weighted by molar-refractivity contribution is -0.131. The maximum absolute atomic E-state index is 10.2. The van der Waals surface area contributed by atoms with E-state index < -0.39 is 12.1 Å². The second kappa shape index (κ2) is 23.4. The molecule has 1 atom stereocenters. The number of aliphatic carboxylic acids is 1. The van der Waals surface area contributed by atoms with E-state index in [9.17, 15) is 9.90 Å². The highest BCUT2D eigenvalue weighted by Gasteiger charge is 2.07. The molecule has 1 aromatic rings. The SMILES string of the molecule is C=CC(=O)O.CCCCCCCCCc1ccc(C(O)COCCOCCOCCO)cc1. The Kier molecular flexibility index (Phi) is 22.1. The first kappa shape index (κ1) is 31.2. The van der Waals surface area contributed by atoms with E-state index in [-0.39, 0.29) is 13.2 Å². The van der Waals surface area contributed by atoms with Gasteiger partial charge >= 0.3 is 5.97 Å². The lowest BCUT2D eigenvalue weighted by Gasteiger charge is -2.12. The Morgan fingerprint density at radius 3 is 1.97 bits per heavy atom. The van der Waals surface area contributed by atoms with Gasteiger partial charge in [-0.1, -0.05) is 76.3 Å². The Hall–Kier alpha value is -1.77. The topological polar surface area (TPSA) is 105 Å². The van der Waals surface area contributed by atoms with Gasteiger partial charge in [-0.3, -0.25) is 0 Å². The van der Waals surface area contributed by atoms with Gasteiger partial charge in [0.25, 0.3) is 0 Å². The molecule has 1 aromatic carbocycles. The summed E-state index contributed by atoms with van der Waals surface area (Å²) in [5, 5.41) is 26.4. The van der Waals surface area contributed by atoms with Crippen molar-refractivity contribution in [1.29, 1.82) is 0 Å². The van der Waals surface area contributed by atoms with Crippen LogP contribution in [0.3, 0.4) is 0 Å². The van der Waals surface area contributed by atoms with Gasteiger partial charge in [0.15, 0.2) is 0 Å². The monoisotopic (exact) mass is 468 g/mol. The van der Waals surface area contributed by atoms with Crippen molar-refractivity contribution in [3.63, 3.8) is 0 Å². The largest absolute Gasteiger partial charge is 0.478 e. The fraction of sp³-hybridized carbons (Fsp3) is 0.654. The number of benzene rings is 1. The molecule has 0 radical (unpaired) electrons. The zero-order chi connectivity index (χ0) is 24.6. The molecule has 0 saturated heterocycles. The van der Waals surface area contributed by atoms with E-state index in [1.165, 1.54) is 50.5 Å². The van der Waals surface area contributed by atoms with E-state index in [1.54, 1.807) is 0 Å². The zero-order valence-corrected chi connectivity index (χ0v) is 20.3. The molecular weight excluding hydrogens is 424 g/mol. The summed E-state index contributed by atoms with van der Waals surface area (Å²) >= 11 is 0. The third kappa shape index (κ3) is 20.6. The quantitative estimate of drug-likeness (QED) is 0.193. The van der Waals surface area contributed by atoms with Crippen LogP contribution in [-0.4, -0.2) is 67.5 Å². The van der Waals surface area contributed by atoms with Crippen LogP contribution in [0.2, 0.25) is 0 Å². The minimum atomic E-state index is -0.981. The summed E-state index contributed by atoms with van der Waals surface area (Å²) in [6, 6.07) is 8.23. The van der Waals surface area contributed by atoms with Gasteiger partial charge in [0, 0.05) is 6.08 Å². The van der Waals surface area contributed by atoms with Crippen molar-refractivity contribution in [2.45, 2.75) is 64.4 Å². The zero-order valence-electron chi connectivity index (χ0n) is 20.3. The van der Waals surface area contributed by atoms with Crippen molar-refractivity contribution in [2.75, 3.05) is 46.2 Å². The Labute approximate surface area is 199 Å². The van der Waals surface area contributed by atoms with Crippen LogP contribution in [0.15, 0.2) is 36.9 Å². The summed E-state index contributed by atoms with van der Waals surface area (Å²) in [4.78, 5) is 9.25. The minimum absolute atomic E-state index is 0.0289. The Bertz CT molecular complexity index is 575. The Balaban J connectivity index is 0.00000184. The standard InChI is InChI=1S/C23H40O5.C3H4O2/c1-2-3-4-5-6-7-8-9-21-10-12-22(13-11-21)23(25)20-28-19-18-27-17-16-26-15-14-24;1-2-3(4)5/h10-13,23-25H,2-9,14-20H2,1H3;2H,1H2,(H,4,5). The van der Waals surface area contributed by atoms with E-state index in [2.05, 4.69) is 25.6 Å². The molecule has 3 N–H and O–H groups in total. The van der Waals surface area contributed by atoms with Crippen LogP contribution in [0.4, 0.5) is 0 Å². The van der Waals surface area contributed by atoms with E-state index in [0.29, 0.717) is 33.0 Å². The molecule has 7 nitrogen and oxygen atoms in total. The first-order chi connectivity index (χ1) is 16.0. The summed E-state index contributed by atoms with van der Waals surface area (Å²) in [6.45, 7) is 7.69. The van der Waals surface area contributed by atoms with Gasteiger partial charge in [-0.25, -0.2) is 4.79 Å². The molecular formula is C26H44O7. The minimum Gasteiger partial charge on any atom is -0.478 e. The molecule has 33 heavy (non-hydrogen) atoms. The average Bonchev–Trinajstić information content (AvgIpc) is 2.83. The number of aliphatic hydroxyl groups excluding tert-OH is 2. The first-order valence-corrected chi connectivity index (χ1v) is 12.0. The maximum Gasteiger partial charge on any atom is 0.327 e. The molecule has 0 bridgehead atoms. The van der Waals surface area contributed by atoms with Crippen molar-refractivity contribution in [2.24, 2.45) is 0 Å². The first-order valence-electron chi connectivity index (χ1n) is 12.0. The van der Waals surface area contributed by atoms with Crippen molar-refractivity contribution >= 4 is 5.97 Å². The van der Waals surface area contributed by atoms with Crippen LogP contribution in [0.1, 0.15) is 69.1 Å². The van der Waals surface area contributed by atoms with Crippen molar-refractivity contribution in [1.82, 2.24) is 0 Å². The number of ether oxygens (including phenoxy) is 3. The van der Waals surface area contributed by atoms with Gasteiger partial charge in [0.05, 0.1) is 46.2 Å². The van der Waals surface area contributed by atoms with Gasteiger partial charge in [0.2, 0.25) is 0 Å². The van der Waals surface area contributed by atoms with Crippen molar-refractivity contribution in [3.8, 4) is 0 Å². The molecule has 0 aliphatic carbocycles. The summed E-state index contributed by atoms with van der Waals surface area (Å²) < 4.78 is 15.9. The van der Waals surface area contributed by atoms with Crippen molar-refractivity contribution < 1.29 is 34.3 Å². The molecule has 0 aliphatic heterocycles. The molecule has 0 aromatic heterocycles. The highest BCUT2D eigenvalue weighted by molar-refractivity contribution is 5.78. The van der Waals surface area contributed by atoms with Gasteiger partial charge < -0.3 is 29.5 Å². The molecule has 0 saturated carbocycles. The smallest absolute Gasteiger partial charge is 0.327 e. The number of rotatable bonds is 20. The number of carbonyl (C=O) groups is 1. The van der Waals surface area contributed by atoms with Crippen LogP contribution in [-0.2, 0) is 25.4 Å². The Morgan fingerprint density at radius 2 is 1.42 bits per heavy atom. The highest BCUT2D eigenvalue weighted by Crippen LogP contribution is 2.16. The summed E-state index contributed by atoms with van der Waals surface area (Å²) in [5.41, 5.74) is 2.23. The fourth-order valence-corrected chi connectivity index (χ4v) is 2.99. The molecule has 190 valence electrons. The molecule has 7 heteroatoms. The predicted octanol–water partition coefficient (Wildman–Crippen LogP) is 4.31. The molecule has 0 aliphatic rings. The van der Waals surface area contributed by atoms with E-state index in [0.717, 1.165) is 18.1 Å². The fourth-order valence-electron chi connectivity index (χ4n) is 2.99. The molecule has 0 fully saturated rings. The maximum atomic E-state index is 10.2. The third-order valence-corrected chi connectivity index (χ3v) is 4.86. The van der Waals surface area contributed by atoms with Crippen LogP contribution in [0.25, 0.3) is 0 Å². The average molecular weight is 469 g/mol. The molecule has 1 unspecified atom stereocenters. The predicted molar refractivity (Wildman–Crippen MR) is 130 cm³/mol. The number of aliphatic hydroxyl groups is 2. The number of carboxylic acid groups (broad SMARTS) is 1. The van der Waals surface area contributed by atoms with E-state index >= 15 is 0 Å². The van der Waals surface area contributed by atoms with Crippen LogP contribution in [0.5, 0.6) is 0 Å². The highest BCUT2D eigenvalue weighted by atomic mass is 16.5. The molecule has 0 amide bonds. The van der Waals surface area contributed by atoms with Gasteiger partial charge in [-0.15, -0.1) is 0 Å². The molecule has 0 spiro atoms. The number of hydrogen-bond acceptors (Lipinski definition) is 6. The second-order valence-corrected chi connectivity index (χ2v) is 7.69. The Morgan fingerprint density at radius 1 is 0.909 bits per heavy atom. The van der Waals surface area contributed by atoms with E-state index in [4.69, 9.17) is 24.4 Å². The van der Waals surface area contributed by atoms with Gasteiger partial charge in [-0.05, 0) is 24.0 Å². The van der Waals surface area contributed by atoms with Crippen LogP contribution in [0, 0.1) is 0 Å². The third-order valence-electron chi connectivity index (χ3n) is 4.86. The number of aryl methyl sites for hydroxylation is 1. The van der Waals surface area contributed by atoms with Gasteiger partial charge in [-0.2, -0.15) is 0 Å². The summed E-state index contributed by atoms with van der Waals surface area (Å²) in [5.74, 6) is -0.981. The number of hydrogen-bond donors (Lipinski definition) is 3. The number of unbranched alkanes of at least 4 members (excludes halogenated alkanes) is 6.